The summed E-state index contributed by atoms with van der Waals surface area (Å²) in [5.74, 6) is 0.149. The molecule has 2 N–H and O–H groups in total. The molecule has 1 fully saturated rings. The SMILES string of the molecule is O=C(Nc1ccccc1)[C@H]1CCCC[C@H]1CO. The maximum atomic E-state index is 12.1. The van der Waals surface area contributed by atoms with Gasteiger partial charge in [0.05, 0.1) is 0 Å². The highest BCUT2D eigenvalue weighted by Crippen LogP contribution is 2.30. The molecule has 92 valence electrons. The second kappa shape index (κ2) is 5.82. The van der Waals surface area contributed by atoms with Crippen molar-refractivity contribution in [1.82, 2.24) is 0 Å². The number of amides is 1. The molecular formula is C14H19NO2. The van der Waals surface area contributed by atoms with Crippen LogP contribution in [0.4, 0.5) is 5.69 Å². The smallest absolute Gasteiger partial charge is 0.227 e. The first-order chi connectivity index (χ1) is 8.31. The van der Waals surface area contributed by atoms with Crippen LogP contribution in [0.3, 0.4) is 0 Å². The van der Waals surface area contributed by atoms with Gasteiger partial charge in [0.2, 0.25) is 5.91 Å². The number of rotatable bonds is 3. The summed E-state index contributed by atoms with van der Waals surface area (Å²) in [6.45, 7) is 0.118. The molecule has 1 aromatic carbocycles. The number of aliphatic hydroxyl groups excluding tert-OH is 1. The molecule has 0 unspecified atom stereocenters. The second-order valence-electron chi connectivity index (χ2n) is 4.69. The van der Waals surface area contributed by atoms with E-state index >= 15 is 0 Å². The van der Waals surface area contributed by atoms with Crippen molar-refractivity contribution in [3.05, 3.63) is 30.3 Å². The van der Waals surface area contributed by atoms with Gasteiger partial charge in [0.25, 0.3) is 0 Å². The van der Waals surface area contributed by atoms with Gasteiger partial charge in [0, 0.05) is 18.2 Å². The Bertz CT molecular complexity index is 364. The summed E-state index contributed by atoms with van der Waals surface area (Å²) >= 11 is 0. The number of nitrogens with one attached hydrogen (secondary N) is 1. The van der Waals surface area contributed by atoms with Crippen molar-refractivity contribution in [2.45, 2.75) is 25.7 Å². The minimum absolute atomic E-state index is 0.0334. The van der Waals surface area contributed by atoms with Crippen LogP contribution in [0.2, 0.25) is 0 Å². The number of carbonyl (C=O) groups excluding carboxylic acids is 1. The minimum Gasteiger partial charge on any atom is -0.396 e. The molecule has 1 aromatic rings. The Hall–Kier alpha value is -1.35. The van der Waals surface area contributed by atoms with E-state index in [1.807, 2.05) is 30.3 Å². The molecule has 1 amide bonds. The maximum Gasteiger partial charge on any atom is 0.227 e. The monoisotopic (exact) mass is 233 g/mol. The fourth-order valence-corrected chi connectivity index (χ4v) is 2.53. The third kappa shape index (κ3) is 3.07. The van der Waals surface area contributed by atoms with Gasteiger partial charge in [-0.3, -0.25) is 4.79 Å². The van der Waals surface area contributed by atoms with Gasteiger partial charge in [0.1, 0.15) is 0 Å². The van der Waals surface area contributed by atoms with Crippen molar-refractivity contribution >= 4 is 11.6 Å². The molecule has 1 saturated carbocycles. The van der Waals surface area contributed by atoms with Gasteiger partial charge in [-0.15, -0.1) is 0 Å². The summed E-state index contributed by atoms with van der Waals surface area (Å²) in [5, 5.41) is 12.2. The summed E-state index contributed by atoms with van der Waals surface area (Å²) in [7, 11) is 0. The molecule has 0 bridgehead atoms. The van der Waals surface area contributed by atoms with E-state index in [0.29, 0.717) is 0 Å². The van der Waals surface area contributed by atoms with E-state index in [4.69, 9.17) is 0 Å². The average Bonchev–Trinajstić information content (AvgIpc) is 2.40. The lowest BCUT2D eigenvalue weighted by Gasteiger charge is -2.29. The normalized spacial score (nSPS) is 24.3. The molecule has 17 heavy (non-hydrogen) atoms. The number of carbonyl (C=O) groups is 1. The lowest BCUT2D eigenvalue weighted by atomic mass is 9.79. The lowest BCUT2D eigenvalue weighted by molar-refractivity contribution is -0.123. The van der Waals surface area contributed by atoms with Gasteiger partial charge >= 0.3 is 0 Å². The zero-order chi connectivity index (χ0) is 12.1. The molecule has 0 spiro atoms. The van der Waals surface area contributed by atoms with Gasteiger partial charge < -0.3 is 10.4 Å². The highest BCUT2D eigenvalue weighted by molar-refractivity contribution is 5.92. The predicted octanol–water partition coefficient (Wildman–Crippen LogP) is 2.42. The molecule has 3 heteroatoms. The van der Waals surface area contributed by atoms with Crippen LogP contribution in [0.15, 0.2) is 30.3 Å². The van der Waals surface area contributed by atoms with Gasteiger partial charge in [-0.1, -0.05) is 31.0 Å². The van der Waals surface area contributed by atoms with E-state index in [9.17, 15) is 9.90 Å². The van der Waals surface area contributed by atoms with Crippen LogP contribution in [0.5, 0.6) is 0 Å². The third-order valence-electron chi connectivity index (χ3n) is 3.52. The highest BCUT2D eigenvalue weighted by atomic mass is 16.3. The lowest BCUT2D eigenvalue weighted by Crippen LogP contribution is -2.33. The Balaban J connectivity index is 1.99. The van der Waals surface area contributed by atoms with E-state index in [1.165, 1.54) is 0 Å². The zero-order valence-corrected chi connectivity index (χ0v) is 9.93. The number of para-hydroxylation sites is 1. The predicted molar refractivity (Wildman–Crippen MR) is 67.6 cm³/mol. The third-order valence-corrected chi connectivity index (χ3v) is 3.52. The molecule has 0 aliphatic heterocycles. The summed E-state index contributed by atoms with van der Waals surface area (Å²) < 4.78 is 0. The first kappa shape index (κ1) is 12.1. The van der Waals surface area contributed by atoms with Crippen LogP contribution >= 0.6 is 0 Å². The molecular weight excluding hydrogens is 214 g/mol. The Morgan fingerprint density at radius 2 is 1.94 bits per heavy atom. The van der Waals surface area contributed by atoms with Crippen LogP contribution in [0, 0.1) is 11.8 Å². The molecule has 3 nitrogen and oxygen atoms in total. The first-order valence-corrected chi connectivity index (χ1v) is 6.28. The van der Waals surface area contributed by atoms with E-state index in [-0.39, 0.29) is 24.3 Å². The Labute approximate surface area is 102 Å². The van der Waals surface area contributed by atoms with Crippen molar-refractivity contribution in [1.29, 1.82) is 0 Å². The summed E-state index contributed by atoms with van der Waals surface area (Å²) in [6, 6.07) is 9.50. The van der Waals surface area contributed by atoms with Crippen molar-refractivity contribution in [3.63, 3.8) is 0 Å². The number of benzene rings is 1. The molecule has 0 radical (unpaired) electrons. The molecule has 1 aliphatic carbocycles. The van der Waals surface area contributed by atoms with E-state index in [2.05, 4.69) is 5.32 Å². The number of aliphatic hydroxyl groups is 1. The number of hydrogen-bond acceptors (Lipinski definition) is 2. The van der Waals surface area contributed by atoms with Crippen molar-refractivity contribution < 1.29 is 9.90 Å². The Morgan fingerprint density at radius 3 is 2.65 bits per heavy atom. The van der Waals surface area contributed by atoms with E-state index in [0.717, 1.165) is 31.4 Å². The van der Waals surface area contributed by atoms with Gasteiger partial charge in [-0.05, 0) is 30.9 Å². The fourth-order valence-electron chi connectivity index (χ4n) is 2.53. The summed E-state index contributed by atoms with van der Waals surface area (Å²) in [5.41, 5.74) is 0.833. The van der Waals surface area contributed by atoms with Crippen LogP contribution < -0.4 is 5.32 Å². The van der Waals surface area contributed by atoms with Crippen LogP contribution in [0.25, 0.3) is 0 Å². The van der Waals surface area contributed by atoms with Crippen molar-refractivity contribution in [2.24, 2.45) is 11.8 Å². The number of hydrogen-bond donors (Lipinski definition) is 2. The largest absolute Gasteiger partial charge is 0.396 e. The molecule has 0 aromatic heterocycles. The second-order valence-corrected chi connectivity index (χ2v) is 4.69. The number of anilines is 1. The topological polar surface area (TPSA) is 49.3 Å². The highest BCUT2D eigenvalue weighted by Gasteiger charge is 2.30. The van der Waals surface area contributed by atoms with E-state index in [1.54, 1.807) is 0 Å². The fraction of sp³-hybridized carbons (Fsp3) is 0.500. The molecule has 0 heterocycles. The molecule has 2 atom stereocenters. The van der Waals surface area contributed by atoms with E-state index < -0.39 is 0 Å². The van der Waals surface area contributed by atoms with Crippen LogP contribution in [-0.4, -0.2) is 17.6 Å². The Kier molecular flexibility index (Phi) is 4.15. The quantitative estimate of drug-likeness (QED) is 0.842. The van der Waals surface area contributed by atoms with Crippen LogP contribution in [-0.2, 0) is 4.79 Å². The standard InChI is InChI=1S/C14H19NO2/c16-10-11-6-4-5-9-13(11)14(17)15-12-7-2-1-3-8-12/h1-3,7-8,11,13,16H,4-6,9-10H2,(H,15,17)/t11-,13-/m0/s1. The minimum atomic E-state index is -0.0334. The average molecular weight is 233 g/mol. The van der Waals surface area contributed by atoms with Gasteiger partial charge in [-0.2, -0.15) is 0 Å². The molecule has 1 aliphatic rings. The van der Waals surface area contributed by atoms with Gasteiger partial charge in [-0.25, -0.2) is 0 Å². The maximum absolute atomic E-state index is 12.1. The summed E-state index contributed by atoms with van der Waals surface area (Å²) in [4.78, 5) is 12.1. The Morgan fingerprint density at radius 1 is 1.24 bits per heavy atom. The van der Waals surface area contributed by atoms with Crippen LogP contribution in [0.1, 0.15) is 25.7 Å². The van der Waals surface area contributed by atoms with Crippen molar-refractivity contribution in [3.8, 4) is 0 Å². The zero-order valence-electron chi connectivity index (χ0n) is 9.93. The summed E-state index contributed by atoms with van der Waals surface area (Å²) in [6.07, 6.45) is 4.07. The van der Waals surface area contributed by atoms with Gasteiger partial charge in [0.15, 0.2) is 0 Å². The van der Waals surface area contributed by atoms with Crippen molar-refractivity contribution in [2.75, 3.05) is 11.9 Å². The molecule has 2 rings (SSSR count). The molecule has 0 saturated heterocycles. The first-order valence-electron chi connectivity index (χ1n) is 6.28.